The van der Waals surface area contributed by atoms with Gasteiger partial charge in [0, 0.05) is 20.0 Å². The maximum Gasteiger partial charge on any atom is 0.263 e. The summed E-state index contributed by atoms with van der Waals surface area (Å²) in [5.74, 6) is 0. The van der Waals surface area contributed by atoms with E-state index in [1.807, 2.05) is 12.1 Å². The van der Waals surface area contributed by atoms with Crippen LogP contribution in [0.1, 0.15) is 5.56 Å². The van der Waals surface area contributed by atoms with E-state index in [1.165, 1.54) is 0 Å². The van der Waals surface area contributed by atoms with E-state index in [0.29, 0.717) is 14.6 Å². The number of aryl methyl sites for hydroxylation is 1. The molecule has 112 valence electrons. The van der Waals surface area contributed by atoms with Gasteiger partial charge in [-0.25, -0.2) is 8.42 Å². The molecule has 0 aliphatic rings. The summed E-state index contributed by atoms with van der Waals surface area (Å²) in [5.41, 5.74) is 1.69. The van der Waals surface area contributed by atoms with Gasteiger partial charge in [0.2, 0.25) is 0 Å². The number of hydrogen-bond donors (Lipinski definition) is 1. The van der Waals surface area contributed by atoms with Crippen LogP contribution in [0.5, 0.6) is 0 Å². The maximum absolute atomic E-state index is 12.4. The second-order valence-corrected chi connectivity index (χ2v) is 8.53. The Kier molecular flexibility index (Phi) is 5.88. The van der Waals surface area contributed by atoms with Crippen LogP contribution in [0.3, 0.4) is 0 Å². The molecule has 0 spiro atoms. The van der Waals surface area contributed by atoms with E-state index in [9.17, 15) is 8.42 Å². The van der Waals surface area contributed by atoms with E-state index in [0.717, 1.165) is 17.3 Å². The van der Waals surface area contributed by atoms with E-state index in [-0.39, 0.29) is 4.90 Å². The number of anilines is 1. The standard InChI is InChI=1S/C14H12Br3NO2S/c15-8-7-10-1-4-12(5-2-10)18-21(19,20)14-9-11(16)3-6-13(14)17/h1-6,9,18H,7-8H2. The largest absolute Gasteiger partial charge is 0.280 e. The van der Waals surface area contributed by atoms with Crippen LogP contribution in [0.25, 0.3) is 0 Å². The molecular formula is C14H12Br3NO2S. The van der Waals surface area contributed by atoms with Crippen LogP contribution in [0.2, 0.25) is 0 Å². The highest BCUT2D eigenvalue weighted by Crippen LogP contribution is 2.27. The highest BCUT2D eigenvalue weighted by atomic mass is 79.9. The molecule has 0 saturated carbocycles. The Morgan fingerprint density at radius 1 is 1.00 bits per heavy atom. The van der Waals surface area contributed by atoms with E-state index < -0.39 is 10.0 Å². The molecule has 21 heavy (non-hydrogen) atoms. The Morgan fingerprint density at radius 2 is 1.67 bits per heavy atom. The maximum atomic E-state index is 12.4. The lowest BCUT2D eigenvalue weighted by Crippen LogP contribution is -2.13. The van der Waals surface area contributed by atoms with E-state index in [4.69, 9.17) is 0 Å². The van der Waals surface area contributed by atoms with Gasteiger partial charge < -0.3 is 0 Å². The van der Waals surface area contributed by atoms with Gasteiger partial charge in [0.25, 0.3) is 10.0 Å². The number of benzene rings is 2. The van der Waals surface area contributed by atoms with Gasteiger partial charge in [0.15, 0.2) is 0 Å². The predicted octanol–water partition coefficient (Wildman–Crippen LogP) is 4.95. The number of sulfonamides is 1. The third kappa shape index (κ3) is 4.55. The van der Waals surface area contributed by atoms with Crippen LogP contribution in [-0.4, -0.2) is 13.7 Å². The average Bonchev–Trinajstić information content (AvgIpc) is 2.43. The molecule has 2 aromatic carbocycles. The van der Waals surface area contributed by atoms with Crippen molar-refractivity contribution in [2.75, 3.05) is 10.1 Å². The fraction of sp³-hybridized carbons (Fsp3) is 0.143. The molecule has 0 saturated heterocycles. The van der Waals surface area contributed by atoms with Crippen molar-refractivity contribution >= 4 is 63.5 Å². The summed E-state index contributed by atoms with van der Waals surface area (Å²) in [6.45, 7) is 0. The second-order valence-electron chi connectivity index (χ2n) is 4.32. The molecule has 0 radical (unpaired) electrons. The summed E-state index contributed by atoms with van der Waals surface area (Å²) in [5, 5.41) is 0.878. The monoisotopic (exact) mass is 495 g/mol. The lowest BCUT2D eigenvalue weighted by molar-refractivity contribution is 0.600. The molecular weight excluding hydrogens is 486 g/mol. The summed E-state index contributed by atoms with van der Waals surface area (Å²) in [7, 11) is -3.63. The summed E-state index contributed by atoms with van der Waals surface area (Å²) in [4.78, 5) is 0.196. The topological polar surface area (TPSA) is 46.2 Å². The highest BCUT2D eigenvalue weighted by molar-refractivity contribution is 9.11. The van der Waals surface area contributed by atoms with Gasteiger partial charge in [0.05, 0.1) is 0 Å². The van der Waals surface area contributed by atoms with Crippen LogP contribution in [0, 0.1) is 0 Å². The zero-order chi connectivity index (χ0) is 15.5. The first-order valence-electron chi connectivity index (χ1n) is 6.05. The minimum absolute atomic E-state index is 0.196. The average molecular weight is 498 g/mol. The Morgan fingerprint density at radius 3 is 2.29 bits per heavy atom. The molecule has 0 atom stereocenters. The zero-order valence-electron chi connectivity index (χ0n) is 10.8. The summed E-state index contributed by atoms with van der Waals surface area (Å²) in [6.07, 6.45) is 0.907. The van der Waals surface area contributed by atoms with E-state index in [2.05, 4.69) is 52.5 Å². The number of hydrogen-bond acceptors (Lipinski definition) is 2. The Balaban J connectivity index is 2.26. The van der Waals surface area contributed by atoms with Crippen LogP contribution >= 0.6 is 47.8 Å². The van der Waals surface area contributed by atoms with Crippen molar-refractivity contribution in [2.24, 2.45) is 0 Å². The smallest absolute Gasteiger partial charge is 0.263 e. The molecule has 0 unspecified atom stereocenters. The summed E-state index contributed by atoms with van der Waals surface area (Å²) in [6, 6.07) is 12.4. The van der Waals surface area contributed by atoms with Crippen LogP contribution in [0.15, 0.2) is 56.3 Å². The van der Waals surface area contributed by atoms with Crippen molar-refractivity contribution < 1.29 is 8.42 Å². The van der Waals surface area contributed by atoms with Gasteiger partial charge in [-0.05, 0) is 58.2 Å². The Hall–Kier alpha value is -0.370. The molecule has 1 N–H and O–H groups in total. The number of alkyl halides is 1. The third-order valence-electron chi connectivity index (χ3n) is 2.77. The number of nitrogens with one attached hydrogen (secondary N) is 1. The SMILES string of the molecule is O=S(=O)(Nc1ccc(CCBr)cc1)c1cc(Br)ccc1Br. The molecule has 0 bridgehead atoms. The van der Waals surface area contributed by atoms with Crippen molar-refractivity contribution in [3.05, 3.63) is 57.0 Å². The van der Waals surface area contributed by atoms with Crippen molar-refractivity contribution in [1.29, 1.82) is 0 Å². The number of rotatable bonds is 5. The fourth-order valence-electron chi connectivity index (χ4n) is 1.74. The molecule has 0 aromatic heterocycles. The first-order chi connectivity index (χ1) is 9.92. The molecule has 0 aliphatic heterocycles. The van der Waals surface area contributed by atoms with Crippen molar-refractivity contribution in [3.8, 4) is 0 Å². The molecule has 0 amide bonds. The van der Waals surface area contributed by atoms with Crippen molar-refractivity contribution in [2.45, 2.75) is 11.3 Å². The first kappa shape index (κ1) is 17.0. The molecule has 3 nitrogen and oxygen atoms in total. The molecule has 0 fully saturated rings. The van der Waals surface area contributed by atoms with Gasteiger partial charge in [-0.1, -0.05) is 44.0 Å². The number of halogens is 3. The molecule has 7 heteroatoms. The fourth-order valence-corrected chi connectivity index (χ4v) is 4.76. The summed E-state index contributed by atoms with van der Waals surface area (Å²) < 4.78 is 28.6. The molecule has 2 aromatic rings. The van der Waals surface area contributed by atoms with E-state index >= 15 is 0 Å². The highest BCUT2D eigenvalue weighted by Gasteiger charge is 2.18. The van der Waals surface area contributed by atoms with Crippen LogP contribution < -0.4 is 4.72 Å². The van der Waals surface area contributed by atoms with Crippen LogP contribution in [0.4, 0.5) is 5.69 Å². The Labute approximate surface area is 149 Å². The van der Waals surface area contributed by atoms with Gasteiger partial charge in [-0.2, -0.15) is 0 Å². The molecule has 0 aliphatic carbocycles. The van der Waals surface area contributed by atoms with Gasteiger partial charge >= 0.3 is 0 Å². The molecule has 2 rings (SSSR count). The van der Waals surface area contributed by atoms with Crippen molar-refractivity contribution in [1.82, 2.24) is 0 Å². The lowest BCUT2D eigenvalue weighted by atomic mass is 10.2. The second kappa shape index (κ2) is 7.26. The zero-order valence-corrected chi connectivity index (χ0v) is 16.4. The lowest BCUT2D eigenvalue weighted by Gasteiger charge is -2.10. The predicted molar refractivity (Wildman–Crippen MR) is 96.6 cm³/mol. The van der Waals surface area contributed by atoms with E-state index in [1.54, 1.807) is 30.3 Å². The first-order valence-corrected chi connectivity index (χ1v) is 10.2. The van der Waals surface area contributed by atoms with Gasteiger partial charge in [-0.15, -0.1) is 0 Å². The van der Waals surface area contributed by atoms with Crippen molar-refractivity contribution in [3.63, 3.8) is 0 Å². The van der Waals surface area contributed by atoms with Gasteiger partial charge in [0.1, 0.15) is 4.90 Å². The minimum Gasteiger partial charge on any atom is -0.280 e. The van der Waals surface area contributed by atoms with Gasteiger partial charge in [-0.3, -0.25) is 4.72 Å². The summed E-state index contributed by atoms with van der Waals surface area (Å²) >= 11 is 9.93. The Bertz CT molecular complexity index is 730. The normalized spacial score (nSPS) is 11.4. The van der Waals surface area contributed by atoms with Crippen LogP contribution in [-0.2, 0) is 16.4 Å². The molecule has 0 heterocycles. The minimum atomic E-state index is -3.63. The quantitative estimate of drug-likeness (QED) is 0.594. The third-order valence-corrected chi connectivity index (χ3v) is 6.04.